The number of carbonyl (C=O) groups excluding carboxylic acids is 1. The van der Waals surface area contributed by atoms with Crippen molar-refractivity contribution in [3.63, 3.8) is 0 Å². The Morgan fingerprint density at radius 3 is 2.90 bits per heavy atom. The molecule has 2 aromatic rings. The molecular weight excluding hydrogens is 304 g/mol. The third-order valence-corrected chi connectivity index (χ3v) is 4.19. The van der Waals surface area contributed by atoms with Crippen LogP contribution in [0.4, 0.5) is 5.13 Å². The number of thioether (sulfide) groups is 1. The predicted octanol–water partition coefficient (Wildman–Crippen LogP) is 2.15. The molecule has 1 amide bonds. The van der Waals surface area contributed by atoms with Crippen molar-refractivity contribution < 1.29 is 4.79 Å². The maximum Gasteiger partial charge on any atom is 0.243 e. The largest absolute Gasteiger partial charge is 0.320 e. The summed E-state index contributed by atoms with van der Waals surface area (Å²) in [5, 5.41) is 3.23. The highest BCUT2D eigenvalue weighted by Gasteiger charge is 2.15. The Morgan fingerprint density at radius 2 is 2.19 bits per heavy atom. The van der Waals surface area contributed by atoms with Crippen molar-refractivity contribution in [2.24, 2.45) is 5.73 Å². The maximum absolute atomic E-state index is 11.9. The first-order valence-corrected chi connectivity index (χ1v) is 8.77. The van der Waals surface area contributed by atoms with E-state index in [4.69, 9.17) is 5.73 Å². The van der Waals surface area contributed by atoms with E-state index in [1.807, 2.05) is 36.6 Å². The van der Waals surface area contributed by atoms with E-state index in [0.29, 0.717) is 23.8 Å². The van der Waals surface area contributed by atoms with Crippen LogP contribution >= 0.6 is 23.3 Å². The lowest BCUT2D eigenvalue weighted by molar-refractivity contribution is -0.117. The van der Waals surface area contributed by atoms with Crippen LogP contribution in [0.3, 0.4) is 0 Å². The molecular formula is C14H18N4OS2. The lowest BCUT2D eigenvalue weighted by atomic mass is 10.1. The fourth-order valence-electron chi connectivity index (χ4n) is 1.73. The van der Waals surface area contributed by atoms with Gasteiger partial charge >= 0.3 is 0 Å². The van der Waals surface area contributed by atoms with Crippen molar-refractivity contribution in [2.75, 3.05) is 17.3 Å². The molecule has 0 aliphatic rings. The molecule has 0 saturated heterocycles. The summed E-state index contributed by atoms with van der Waals surface area (Å²) in [4.78, 5) is 16.2. The Hall–Kier alpha value is -1.44. The summed E-state index contributed by atoms with van der Waals surface area (Å²) in [5.41, 5.74) is 6.96. The lowest BCUT2D eigenvalue weighted by Gasteiger charge is -2.08. The molecule has 21 heavy (non-hydrogen) atoms. The van der Waals surface area contributed by atoms with Crippen molar-refractivity contribution >= 4 is 34.3 Å². The zero-order chi connectivity index (χ0) is 15.1. The van der Waals surface area contributed by atoms with Crippen LogP contribution < -0.4 is 11.1 Å². The normalized spacial score (nSPS) is 12.1. The fourth-order valence-corrected chi connectivity index (χ4v) is 2.81. The van der Waals surface area contributed by atoms with E-state index in [-0.39, 0.29) is 5.91 Å². The number of aromatic nitrogens is 2. The molecule has 1 aromatic carbocycles. The molecule has 1 aromatic heterocycles. The number of nitrogens with one attached hydrogen (secondary N) is 1. The van der Waals surface area contributed by atoms with Gasteiger partial charge in [-0.1, -0.05) is 30.3 Å². The van der Waals surface area contributed by atoms with Crippen LogP contribution in [0.5, 0.6) is 0 Å². The number of rotatable bonds is 7. The number of amides is 1. The number of carbonyl (C=O) groups is 1. The highest BCUT2D eigenvalue weighted by molar-refractivity contribution is 7.98. The quantitative estimate of drug-likeness (QED) is 0.816. The zero-order valence-electron chi connectivity index (χ0n) is 11.8. The van der Waals surface area contributed by atoms with E-state index in [1.165, 1.54) is 11.5 Å². The molecule has 3 N–H and O–H groups in total. The molecule has 0 radical (unpaired) electrons. The minimum atomic E-state index is -0.501. The number of nitrogens with two attached hydrogens (primary N) is 1. The van der Waals surface area contributed by atoms with E-state index >= 15 is 0 Å². The Kier molecular flexibility index (Phi) is 6.16. The van der Waals surface area contributed by atoms with Crippen molar-refractivity contribution in [3.8, 4) is 0 Å². The van der Waals surface area contributed by atoms with E-state index in [1.54, 1.807) is 11.8 Å². The lowest BCUT2D eigenvalue weighted by Crippen LogP contribution is -2.36. The number of hydrogen-bond donors (Lipinski definition) is 2. The second kappa shape index (κ2) is 8.11. The molecule has 0 fully saturated rings. The van der Waals surface area contributed by atoms with Gasteiger partial charge in [-0.05, 0) is 24.0 Å². The van der Waals surface area contributed by atoms with Gasteiger partial charge in [0.1, 0.15) is 5.82 Å². The van der Waals surface area contributed by atoms with Gasteiger partial charge in [0.25, 0.3) is 0 Å². The van der Waals surface area contributed by atoms with Crippen molar-refractivity contribution in [1.82, 2.24) is 9.36 Å². The number of nitrogens with zero attached hydrogens (tertiary/aromatic N) is 2. The average molecular weight is 322 g/mol. The number of benzene rings is 1. The molecule has 7 heteroatoms. The minimum Gasteiger partial charge on any atom is -0.320 e. The molecule has 2 rings (SSSR count). The third-order valence-electron chi connectivity index (χ3n) is 2.87. The zero-order valence-corrected chi connectivity index (χ0v) is 13.4. The first-order valence-electron chi connectivity index (χ1n) is 6.61. The molecule has 0 spiro atoms. The first-order chi connectivity index (χ1) is 10.2. The van der Waals surface area contributed by atoms with Gasteiger partial charge in [0, 0.05) is 18.0 Å². The summed E-state index contributed by atoms with van der Waals surface area (Å²) in [6.07, 6.45) is 3.31. The van der Waals surface area contributed by atoms with Crippen LogP contribution in [0.15, 0.2) is 30.3 Å². The maximum atomic E-state index is 11.9. The molecule has 1 heterocycles. The van der Waals surface area contributed by atoms with Gasteiger partial charge in [0.15, 0.2) is 0 Å². The van der Waals surface area contributed by atoms with Crippen LogP contribution in [-0.2, 0) is 11.2 Å². The van der Waals surface area contributed by atoms with Crippen LogP contribution in [-0.4, -0.2) is 33.3 Å². The summed E-state index contributed by atoms with van der Waals surface area (Å²) in [7, 11) is 0. The van der Waals surface area contributed by atoms with Crippen molar-refractivity contribution in [2.45, 2.75) is 18.9 Å². The SMILES string of the molecule is CSCCC(N)C(=O)Nc1nc(Cc2ccccc2)ns1. The Bertz CT molecular complexity index is 573. The second-order valence-corrected chi connectivity index (χ2v) is 6.29. The Labute approximate surface area is 132 Å². The van der Waals surface area contributed by atoms with E-state index in [2.05, 4.69) is 14.7 Å². The molecule has 0 aliphatic carbocycles. The summed E-state index contributed by atoms with van der Waals surface area (Å²) >= 11 is 2.86. The fraction of sp³-hybridized carbons (Fsp3) is 0.357. The number of anilines is 1. The second-order valence-electron chi connectivity index (χ2n) is 4.56. The molecule has 5 nitrogen and oxygen atoms in total. The highest BCUT2D eigenvalue weighted by Crippen LogP contribution is 2.14. The third kappa shape index (κ3) is 5.11. The molecule has 0 saturated carbocycles. The van der Waals surface area contributed by atoms with E-state index in [9.17, 15) is 4.79 Å². The van der Waals surface area contributed by atoms with Gasteiger partial charge in [-0.2, -0.15) is 16.1 Å². The van der Waals surface area contributed by atoms with Gasteiger partial charge in [-0.3, -0.25) is 10.1 Å². The van der Waals surface area contributed by atoms with Gasteiger partial charge < -0.3 is 5.73 Å². The van der Waals surface area contributed by atoms with E-state index < -0.39 is 6.04 Å². The van der Waals surface area contributed by atoms with Gasteiger partial charge in [-0.15, -0.1) is 0 Å². The minimum absolute atomic E-state index is 0.202. The smallest absolute Gasteiger partial charge is 0.243 e. The monoisotopic (exact) mass is 322 g/mol. The first kappa shape index (κ1) is 15.9. The Morgan fingerprint density at radius 1 is 1.43 bits per heavy atom. The Balaban J connectivity index is 1.89. The summed E-state index contributed by atoms with van der Waals surface area (Å²) in [6.45, 7) is 0. The highest BCUT2D eigenvalue weighted by atomic mass is 32.2. The van der Waals surface area contributed by atoms with Gasteiger partial charge in [-0.25, -0.2) is 4.98 Å². The van der Waals surface area contributed by atoms with Crippen molar-refractivity contribution in [3.05, 3.63) is 41.7 Å². The molecule has 1 unspecified atom stereocenters. The summed E-state index contributed by atoms with van der Waals surface area (Å²) < 4.78 is 4.26. The molecule has 112 valence electrons. The van der Waals surface area contributed by atoms with Gasteiger partial charge in [0.05, 0.1) is 6.04 Å². The van der Waals surface area contributed by atoms with Gasteiger partial charge in [0.2, 0.25) is 11.0 Å². The number of hydrogen-bond acceptors (Lipinski definition) is 6. The topological polar surface area (TPSA) is 80.9 Å². The van der Waals surface area contributed by atoms with Crippen LogP contribution in [0.2, 0.25) is 0 Å². The summed E-state index contributed by atoms with van der Waals surface area (Å²) in [5.74, 6) is 1.37. The van der Waals surface area contributed by atoms with Crippen molar-refractivity contribution in [1.29, 1.82) is 0 Å². The van der Waals surface area contributed by atoms with Crippen LogP contribution in [0.25, 0.3) is 0 Å². The molecule has 0 aliphatic heterocycles. The van der Waals surface area contributed by atoms with Crippen LogP contribution in [0, 0.1) is 0 Å². The standard InChI is InChI=1S/C14H18N4OS2/c1-20-8-7-11(15)13(19)17-14-16-12(18-21-14)9-10-5-3-2-4-6-10/h2-6,11H,7-9,15H2,1H3,(H,16,17,18,19). The average Bonchev–Trinajstić information content (AvgIpc) is 2.92. The van der Waals surface area contributed by atoms with E-state index in [0.717, 1.165) is 11.3 Å². The summed E-state index contributed by atoms with van der Waals surface area (Å²) in [6, 6.07) is 9.48. The van der Waals surface area contributed by atoms with Crippen LogP contribution in [0.1, 0.15) is 17.8 Å². The molecule has 1 atom stereocenters. The molecule has 0 bridgehead atoms. The predicted molar refractivity (Wildman–Crippen MR) is 88.8 cm³/mol.